The van der Waals surface area contributed by atoms with E-state index in [-0.39, 0.29) is 5.91 Å². The number of nitrogens with zero attached hydrogens (tertiary/aromatic N) is 2. The van der Waals surface area contributed by atoms with Crippen LogP contribution in [0.1, 0.15) is 17.7 Å². The SMILES string of the molecule is Cc1csc(NC(=O)[C@@H]2CC(c3ccccc3)=NO2)n1. The molecule has 0 unspecified atom stereocenters. The first-order chi connectivity index (χ1) is 9.72. The quantitative estimate of drug-likeness (QED) is 0.943. The van der Waals surface area contributed by atoms with Gasteiger partial charge < -0.3 is 4.84 Å². The monoisotopic (exact) mass is 287 g/mol. The summed E-state index contributed by atoms with van der Waals surface area (Å²) in [4.78, 5) is 21.5. The minimum absolute atomic E-state index is 0.214. The zero-order chi connectivity index (χ0) is 13.9. The van der Waals surface area contributed by atoms with Gasteiger partial charge in [0, 0.05) is 11.8 Å². The predicted molar refractivity (Wildman–Crippen MR) is 77.9 cm³/mol. The maximum Gasteiger partial charge on any atom is 0.270 e. The summed E-state index contributed by atoms with van der Waals surface area (Å²) in [6, 6.07) is 9.71. The van der Waals surface area contributed by atoms with Crippen LogP contribution in [0.5, 0.6) is 0 Å². The van der Waals surface area contributed by atoms with Crippen molar-refractivity contribution in [2.45, 2.75) is 19.4 Å². The molecule has 6 heteroatoms. The van der Waals surface area contributed by atoms with Crippen molar-refractivity contribution in [2.75, 3.05) is 5.32 Å². The average molecular weight is 287 g/mol. The normalized spacial score (nSPS) is 17.4. The molecule has 1 amide bonds. The van der Waals surface area contributed by atoms with E-state index in [1.165, 1.54) is 11.3 Å². The number of anilines is 1. The second-order valence-electron chi connectivity index (χ2n) is 4.49. The van der Waals surface area contributed by atoms with Crippen LogP contribution in [0.2, 0.25) is 0 Å². The molecular formula is C14H13N3O2S. The number of nitrogens with one attached hydrogen (secondary N) is 1. The minimum atomic E-state index is -0.589. The highest BCUT2D eigenvalue weighted by Crippen LogP contribution is 2.20. The molecule has 1 N–H and O–H groups in total. The Morgan fingerprint density at radius 1 is 1.40 bits per heavy atom. The van der Waals surface area contributed by atoms with E-state index in [1.54, 1.807) is 0 Å². The maximum absolute atomic E-state index is 12.1. The van der Waals surface area contributed by atoms with Gasteiger partial charge in [-0.2, -0.15) is 0 Å². The van der Waals surface area contributed by atoms with Gasteiger partial charge in [-0.3, -0.25) is 10.1 Å². The first-order valence-corrected chi connectivity index (χ1v) is 7.11. The summed E-state index contributed by atoms with van der Waals surface area (Å²) in [6.45, 7) is 1.88. The van der Waals surface area contributed by atoms with Gasteiger partial charge in [0.05, 0.1) is 11.4 Å². The lowest BCUT2D eigenvalue weighted by Crippen LogP contribution is -2.28. The van der Waals surface area contributed by atoms with Crippen molar-refractivity contribution < 1.29 is 9.63 Å². The highest BCUT2D eigenvalue weighted by Gasteiger charge is 2.29. The summed E-state index contributed by atoms with van der Waals surface area (Å²) in [7, 11) is 0. The van der Waals surface area contributed by atoms with E-state index in [0.29, 0.717) is 11.6 Å². The molecule has 5 nitrogen and oxygen atoms in total. The lowest BCUT2D eigenvalue weighted by atomic mass is 10.1. The van der Waals surface area contributed by atoms with Crippen LogP contribution in [0.4, 0.5) is 5.13 Å². The third kappa shape index (κ3) is 2.70. The van der Waals surface area contributed by atoms with E-state index in [2.05, 4.69) is 15.5 Å². The molecule has 1 aliphatic heterocycles. The molecule has 0 saturated heterocycles. The number of carbonyl (C=O) groups excluding carboxylic acids is 1. The predicted octanol–water partition coefficient (Wildman–Crippen LogP) is 2.58. The van der Waals surface area contributed by atoms with Crippen LogP contribution < -0.4 is 5.32 Å². The summed E-state index contributed by atoms with van der Waals surface area (Å²) in [5, 5.41) is 9.21. The molecule has 1 aliphatic rings. The number of hydrogen-bond acceptors (Lipinski definition) is 5. The van der Waals surface area contributed by atoms with Crippen molar-refractivity contribution in [3.63, 3.8) is 0 Å². The summed E-state index contributed by atoms with van der Waals surface area (Å²) >= 11 is 1.40. The van der Waals surface area contributed by atoms with Gasteiger partial charge in [0.1, 0.15) is 0 Å². The third-order valence-corrected chi connectivity index (χ3v) is 3.79. The molecule has 1 aromatic carbocycles. The Morgan fingerprint density at radius 3 is 2.90 bits per heavy atom. The minimum Gasteiger partial charge on any atom is -0.382 e. The van der Waals surface area contributed by atoms with Crippen LogP contribution in [0, 0.1) is 6.92 Å². The van der Waals surface area contributed by atoms with Gasteiger partial charge in [-0.1, -0.05) is 35.5 Å². The standard InChI is InChI=1S/C14H13N3O2S/c1-9-8-20-14(15-9)16-13(18)12-7-11(17-19-12)10-5-3-2-4-6-10/h2-6,8,12H,7H2,1H3,(H,15,16,18)/t12-/m0/s1. The molecule has 20 heavy (non-hydrogen) atoms. The van der Waals surface area contributed by atoms with E-state index in [9.17, 15) is 4.79 Å². The van der Waals surface area contributed by atoms with Crippen molar-refractivity contribution in [3.05, 3.63) is 47.0 Å². The molecule has 0 aliphatic carbocycles. The van der Waals surface area contributed by atoms with Gasteiger partial charge in [-0.15, -0.1) is 11.3 Å². The molecule has 0 spiro atoms. The van der Waals surface area contributed by atoms with E-state index in [4.69, 9.17) is 4.84 Å². The zero-order valence-corrected chi connectivity index (χ0v) is 11.7. The van der Waals surface area contributed by atoms with Crippen LogP contribution >= 0.6 is 11.3 Å². The summed E-state index contributed by atoms with van der Waals surface area (Å²) < 4.78 is 0. The zero-order valence-electron chi connectivity index (χ0n) is 10.9. The van der Waals surface area contributed by atoms with Crippen LogP contribution in [-0.4, -0.2) is 22.7 Å². The lowest BCUT2D eigenvalue weighted by molar-refractivity contribution is -0.125. The van der Waals surface area contributed by atoms with Crippen LogP contribution in [0.15, 0.2) is 40.9 Å². The Balaban J connectivity index is 1.62. The molecular weight excluding hydrogens is 274 g/mol. The smallest absolute Gasteiger partial charge is 0.270 e. The van der Waals surface area contributed by atoms with Gasteiger partial charge in [0.2, 0.25) is 6.10 Å². The highest BCUT2D eigenvalue weighted by molar-refractivity contribution is 7.13. The van der Waals surface area contributed by atoms with Crippen LogP contribution in [-0.2, 0) is 9.63 Å². The Hall–Kier alpha value is -2.21. The molecule has 2 aromatic rings. The molecule has 102 valence electrons. The molecule has 0 fully saturated rings. The topological polar surface area (TPSA) is 63.6 Å². The van der Waals surface area contributed by atoms with Gasteiger partial charge in [-0.25, -0.2) is 4.98 Å². The highest BCUT2D eigenvalue weighted by atomic mass is 32.1. The Bertz CT molecular complexity index is 651. The molecule has 0 saturated carbocycles. The van der Waals surface area contributed by atoms with E-state index < -0.39 is 6.10 Å². The molecule has 2 heterocycles. The molecule has 1 atom stereocenters. The largest absolute Gasteiger partial charge is 0.382 e. The van der Waals surface area contributed by atoms with Gasteiger partial charge in [0.15, 0.2) is 5.13 Å². The maximum atomic E-state index is 12.1. The van der Waals surface area contributed by atoms with Crippen molar-refractivity contribution in [3.8, 4) is 0 Å². The van der Waals surface area contributed by atoms with Crippen molar-refractivity contribution in [1.82, 2.24) is 4.98 Å². The fourth-order valence-corrected chi connectivity index (χ4v) is 2.61. The second-order valence-corrected chi connectivity index (χ2v) is 5.34. The Morgan fingerprint density at radius 2 is 2.20 bits per heavy atom. The number of amides is 1. The molecule has 1 aromatic heterocycles. The average Bonchev–Trinajstić information content (AvgIpc) is 3.09. The summed E-state index contributed by atoms with van der Waals surface area (Å²) in [5.41, 5.74) is 2.66. The van der Waals surface area contributed by atoms with Gasteiger partial charge in [0.25, 0.3) is 5.91 Å². The lowest BCUT2D eigenvalue weighted by Gasteiger charge is -2.06. The number of hydrogen-bond donors (Lipinski definition) is 1. The van der Waals surface area contributed by atoms with Gasteiger partial charge >= 0.3 is 0 Å². The van der Waals surface area contributed by atoms with E-state index in [0.717, 1.165) is 17.0 Å². The number of rotatable bonds is 3. The molecule has 0 radical (unpaired) electrons. The number of carbonyl (C=O) groups is 1. The van der Waals surface area contributed by atoms with Crippen LogP contribution in [0.25, 0.3) is 0 Å². The Labute approximate surface area is 120 Å². The fraction of sp³-hybridized carbons (Fsp3) is 0.214. The number of thiazole rings is 1. The molecule has 0 bridgehead atoms. The van der Waals surface area contributed by atoms with Crippen molar-refractivity contribution in [1.29, 1.82) is 0 Å². The molecule has 3 rings (SSSR count). The van der Waals surface area contributed by atoms with Crippen molar-refractivity contribution >= 4 is 28.1 Å². The first kappa shape index (κ1) is 12.8. The van der Waals surface area contributed by atoms with Crippen LogP contribution in [0.3, 0.4) is 0 Å². The summed E-state index contributed by atoms with van der Waals surface area (Å²) in [6.07, 6.45) is -0.116. The number of oxime groups is 1. The fourth-order valence-electron chi connectivity index (χ4n) is 1.92. The first-order valence-electron chi connectivity index (χ1n) is 6.23. The second kappa shape index (κ2) is 5.42. The number of aromatic nitrogens is 1. The van der Waals surface area contributed by atoms with E-state index >= 15 is 0 Å². The van der Waals surface area contributed by atoms with Crippen molar-refractivity contribution in [2.24, 2.45) is 5.16 Å². The third-order valence-electron chi connectivity index (χ3n) is 2.92. The number of aryl methyl sites for hydroxylation is 1. The summed E-state index contributed by atoms with van der Waals surface area (Å²) in [5.74, 6) is -0.214. The van der Waals surface area contributed by atoms with Gasteiger partial charge in [-0.05, 0) is 12.5 Å². The van der Waals surface area contributed by atoms with E-state index in [1.807, 2.05) is 42.6 Å². The number of benzene rings is 1. The Kier molecular flexibility index (Phi) is 3.47.